The molecule has 1 amide bonds. The Hall–Kier alpha value is -2.86. The minimum Gasteiger partial charge on any atom is -0.508 e. The number of phenolic OH excluding ortho intramolecular Hbond substituents is 1. The zero-order valence-corrected chi connectivity index (χ0v) is 16.2. The lowest BCUT2D eigenvalue weighted by atomic mass is 9.88. The van der Waals surface area contributed by atoms with Gasteiger partial charge in [-0.1, -0.05) is 13.5 Å². The highest BCUT2D eigenvalue weighted by molar-refractivity contribution is 5.93. The summed E-state index contributed by atoms with van der Waals surface area (Å²) in [5.41, 5.74) is 2.75. The number of carbonyl (C=O) groups excluding carboxylic acids is 1. The SMILES string of the molecule is C.CCN(CC)C(=O)c1ccc(C2=CC3(CCNC3)Oc3ccc(O)cc32)cn1. The van der Waals surface area contributed by atoms with Gasteiger partial charge in [0, 0.05) is 43.4 Å². The molecule has 1 fully saturated rings. The van der Waals surface area contributed by atoms with Gasteiger partial charge in [0.2, 0.25) is 0 Å². The number of aromatic nitrogens is 1. The van der Waals surface area contributed by atoms with Gasteiger partial charge in [-0.05, 0) is 56.3 Å². The van der Waals surface area contributed by atoms with Crippen LogP contribution in [0, 0.1) is 0 Å². The number of nitrogens with zero attached hydrogens (tertiary/aromatic N) is 2. The van der Waals surface area contributed by atoms with Crippen LogP contribution in [0.25, 0.3) is 5.57 Å². The van der Waals surface area contributed by atoms with Crippen LogP contribution in [0.1, 0.15) is 49.3 Å². The Kier molecular flexibility index (Phi) is 5.94. The number of aromatic hydroxyl groups is 1. The van der Waals surface area contributed by atoms with Crippen molar-refractivity contribution in [2.24, 2.45) is 0 Å². The zero-order chi connectivity index (χ0) is 19.7. The smallest absolute Gasteiger partial charge is 0.272 e. The molecule has 1 saturated heterocycles. The molecule has 1 atom stereocenters. The summed E-state index contributed by atoms with van der Waals surface area (Å²) >= 11 is 0. The Morgan fingerprint density at radius 2 is 2.07 bits per heavy atom. The Morgan fingerprint density at radius 3 is 2.69 bits per heavy atom. The predicted octanol–water partition coefficient (Wildman–Crippen LogP) is 3.46. The van der Waals surface area contributed by atoms with Crippen molar-refractivity contribution in [2.75, 3.05) is 26.2 Å². The van der Waals surface area contributed by atoms with E-state index in [1.807, 2.05) is 26.0 Å². The maximum absolute atomic E-state index is 12.5. The molecule has 2 aliphatic rings. The molecule has 0 aliphatic carbocycles. The first-order chi connectivity index (χ1) is 13.5. The third-order valence-electron chi connectivity index (χ3n) is 5.47. The summed E-state index contributed by atoms with van der Waals surface area (Å²) in [5.74, 6) is 0.879. The molecule has 2 N–H and O–H groups in total. The van der Waals surface area contributed by atoms with E-state index in [9.17, 15) is 9.90 Å². The average Bonchev–Trinajstić information content (AvgIpc) is 3.16. The van der Waals surface area contributed by atoms with Gasteiger partial charge in [0.05, 0.1) is 0 Å². The van der Waals surface area contributed by atoms with Crippen LogP contribution in [0.15, 0.2) is 42.6 Å². The molecule has 154 valence electrons. The van der Waals surface area contributed by atoms with Crippen molar-refractivity contribution in [2.45, 2.75) is 33.3 Å². The van der Waals surface area contributed by atoms with Crippen molar-refractivity contribution in [3.8, 4) is 11.5 Å². The molecular weight excluding hydrogens is 366 g/mol. The molecule has 4 rings (SSSR count). The van der Waals surface area contributed by atoms with E-state index in [1.54, 1.807) is 29.3 Å². The van der Waals surface area contributed by atoms with Crippen LogP contribution in [0.5, 0.6) is 11.5 Å². The second-order valence-electron chi connectivity index (χ2n) is 7.24. The van der Waals surface area contributed by atoms with Crippen molar-refractivity contribution < 1.29 is 14.6 Å². The van der Waals surface area contributed by atoms with Gasteiger partial charge in [0.15, 0.2) is 0 Å². The normalized spacial score (nSPS) is 19.7. The van der Waals surface area contributed by atoms with Gasteiger partial charge in [-0.25, -0.2) is 0 Å². The number of fused-ring (bicyclic) bond motifs is 1. The fraction of sp³-hybridized carbons (Fsp3) is 0.391. The standard InChI is InChI=1S/C22H25N3O3.CH4/c1-3-25(4-2)21(27)19-7-5-15(13-24-19)18-12-22(9-10-23-14-22)28-20-8-6-16(26)11-17(18)20;/h5-8,11-13,23,26H,3-4,9-10,14H2,1-2H3;1H4. The minimum absolute atomic E-state index is 0. The molecule has 0 bridgehead atoms. The van der Waals surface area contributed by atoms with Gasteiger partial charge in [0.25, 0.3) is 5.91 Å². The summed E-state index contributed by atoms with van der Waals surface area (Å²) in [4.78, 5) is 18.7. The number of hydrogen-bond donors (Lipinski definition) is 2. The zero-order valence-electron chi connectivity index (χ0n) is 16.2. The first kappa shape index (κ1) is 20.9. The Bertz CT molecular complexity index is 911. The molecular formula is C23H29N3O3. The van der Waals surface area contributed by atoms with Crippen molar-refractivity contribution in [3.05, 3.63) is 59.4 Å². The molecule has 1 unspecified atom stereocenters. The molecule has 2 aliphatic heterocycles. The molecule has 29 heavy (non-hydrogen) atoms. The van der Waals surface area contributed by atoms with Gasteiger partial charge >= 0.3 is 0 Å². The lowest BCUT2D eigenvalue weighted by Gasteiger charge is -2.33. The van der Waals surface area contributed by atoms with E-state index >= 15 is 0 Å². The van der Waals surface area contributed by atoms with E-state index in [0.29, 0.717) is 18.8 Å². The Morgan fingerprint density at radius 1 is 1.28 bits per heavy atom. The maximum atomic E-state index is 12.5. The molecule has 0 radical (unpaired) electrons. The molecule has 1 aromatic carbocycles. The lowest BCUT2D eigenvalue weighted by Crippen LogP contribution is -2.38. The number of ether oxygens (including phenoxy) is 1. The number of amides is 1. The highest BCUT2D eigenvalue weighted by Gasteiger charge is 2.38. The number of benzene rings is 1. The van der Waals surface area contributed by atoms with Crippen LogP contribution in [-0.4, -0.2) is 52.7 Å². The van der Waals surface area contributed by atoms with E-state index in [0.717, 1.165) is 42.0 Å². The van der Waals surface area contributed by atoms with E-state index in [2.05, 4.69) is 16.4 Å². The third kappa shape index (κ3) is 3.85. The summed E-state index contributed by atoms with van der Waals surface area (Å²) in [6, 6.07) is 8.86. The molecule has 6 nitrogen and oxygen atoms in total. The highest BCUT2D eigenvalue weighted by Crippen LogP contribution is 2.42. The van der Waals surface area contributed by atoms with Crippen molar-refractivity contribution >= 4 is 11.5 Å². The van der Waals surface area contributed by atoms with Gasteiger partial charge < -0.3 is 20.1 Å². The third-order valence-corrected chi connectivity index (χ3v) is 5.47. The van der Waals surface area contributed by atoms with Crippen molar-refractivity contribution in [1.29, 1.82) is 0 Å². The molecule has 1 spiro atoms. The average molecular weight is 396 g/mol. The molecule has 3 heterocycles. The summed E-state index contributed by atoms with van der Waals surface area (Å²) in [6.45, 7) is 6.87. The van der Waals surface area contributed by atoms with Crippen LogP contribution in [-0.2, 0) is 0 Å². The van der Waals surface area contributed by atoms with Gasteiger partial charge in [-0.3, -0.25) is 9.78 Å². The summed E-state index contributed by atoms with van der Waals surface area (Å²) in [7, 11) is 0. The van der Waals surface area contributed by atoms with E-state index < -0.39 is 5.60 Å². The molecule has 0 saturated carbocycles. The fourth-order valence-corrected chi connectivity index (χ4v) is 3.90. The second-order valence-corrected chi connectivity index (χ2v) is 7.24. The quantitative estimate of drug-likeness (QED) is 0.829. The summed E-state index contributed by atoms with van der Waals surface area (Å²) in [6.07, 6.45) is 4.73. The first-order valence-corrected chi connectivity index (χ1v) is 9.77. The number of hydrogen-bond acceptors (Lipinski definition) is 5. The highest BCUT2D eigenvalue weighted by atomic mass is 16.5. The monoisotopic (exact) mass is 395 g/mol. The Labute approximate surface area is 172 Å². The topological polar surface area (TPSA) is 74.7 Å². The largest absolute Gasteiger partial charge is 0.508 e. The number of pyridine rings is 1. The fourth-order valence-electron chi connectivity index (χ4n) is 3.90. The number of rotatable bonds is 4. The van der Waals surface area contributed by atoms with E-state index in [-0.39, 0.29) is 19.1 Å². The van der Waals surface area contributed by atoms with Gasteiger partial charge in [-0.2, -0.15) is 0 Å². The number of nitrogens with one attached hydrogen (secondary N) is 1. The van der Waals surface area contributed by atoms with Crippen molar-refractivity contribution in [3.63, 3.8) is 0 Å². The summed E-state index contributed by atoms with van der Waals surface area (Å²) < 4.78 is 6.28. The van der Waals surface area contributed by atoms with Crippen LogP contribution >= 0.6 is 0 Å². The Balaban J connectivity index is 0.00000240. The minimum atomic E-state index is -0.394. The molecule has 6 heteroatoms. The van der Waals surface area contributed by atoms with E-state index in [1.165, 1.54) is 0 Å². The maximum Gasteiger partial charge on any atom is 0.272 e. The van der Waals surface area contributed by atoms with Crippen LogP contribution in [0.3, 0.4) is 0 Å². The second kappa shape index (κ2) is 8.25. The van der Waals surface area contributed by atoms with Gasteiger partial charge in [-0.15, -0.1) is 0 Å². The van der Waals surface area contributed by atoms with Gasteiger partial charge in [0.1, 0.15) is 22.8 Å². The van der Waals surface area contributed by atoms with E-state index in [4.69, 9.17) is 4.74 Å². The number of carbonyl (C=O) groups is 1. The van der Waals surface area contributed by atoms with Crippen LogP contribution in [0.4, 0.5) is 0 Å². The van der Waals surface area contributed by atoms with Crippen LogP contribution in [0.2, 0.25) is 0 Å². The van der Waals surface area contributed by atoms with Crippen molar-refractivity contribution in [1.82, 2.24) is 15.2 Å². The molecule has 2 aromatic rings. The lowest BCUT2D eigenvalue weighted by molar-refractivity contribution is 0.0767. The summed E-state index contributed by atoms with van der Waals surface area (Å²) in [5, 5.41) is 13.3. The first-order valence-electron chi connectivity index (χ1n) is 9.77. The van der Waals surface area contributed by atoms with Crippen LogP contribution < -0.4 is 10.1 Å². The molecule has 1 aromatic heterocycles. The predicted molar refractivity (Wildman–Crippen MR) is 114 cm³/mol. The number of phenols is 1.